The van der Waals surface area contributed by atoms with Crippen LogP contribution in [-0.2, 0) is 0 Å². The predicted molar refractivity (Wildman–Crippen MR) is 98.6 cm³/mol. The molecule has 1 fully saturated rings. The molecule has 1 saturated heterocycles. The molecule has 2 aromatic rings. The summed E-state index contributed by atoms with van der Waals surface area (Å²) in [5.74, 6) is 1.60. The van der Waals surface area contributed by atoms with Gasteiger partial charge in [0.1, 0.15) is 5.75 Å². The third-order valence-corrected chi connectivity index (χ3v) is 4.55. The van der Waals surface area contributed by atoms with Crippen LogP contribution >= 0.6 is 11.6 Å². The molecule has 1 aromatic heterocycles. The SMILES string of the molecule is COc1ccc(NC(=O)c2cnc(N3CCCC(C)C3)nc2)cc1Cl. The Morgan fingerprint density at radius 2 is 2.12 bits per heavy atom. The molecule has 25 heavy (non-hydrogen) atoms. The van der Waals surface area contributed by atoms with Gasteiger partial charge >= 0.3 is 0 Å². The van der Waals surface area contributed by atoms with Crippen molar-refractivity contribution in [2.24, 2.45) is 5.92 Å². The number of aromatic nitrogens is 2. The van der Waals surface area contributed by atoms with E-state index in [1.54, 1.807) is 37.7 Å². The van der Waals surface area contributed by atoms with Crippen molar-refractivity contribution in [2.75, 3.05) is 30.4 Å². The standard InChI is InChI=1S/C18H21ClN4O2/c1-12-4-3-7-23(11-12)18-20-9-13(10-21-18)17(24)22-14-5-6-16(25-2)15(19)8-14/h5-6,8-10,12H,3-4,7,11H2,1-2H3,(H,22,24). The Hall–Kier alpha value is -2.34. The van der Waals surface area contributed by atoms with Crippen molar-refractivity contribution in [3.05, 3.63) is 41.2 Å². The first-order valence-electron chi connectivity index (χ1n) is 8.28. The number of ether oxygens (including phenoxy) is 1. The molecule has 2 heterocycles. The maximum absolute atomic E-state index is 12.3. The topological polar surface area (TPSA) is 67.3 Å². The molecule has 1 N–H and O–H groups in total. The molecule has 1 unspecified atom stereocenters. The molecule has 132 valence electrons. The molecule has 0 saturated carbocycles. The Morgan fingerprint density at radius 1 is 1.36 bits per heavy atom. The van der Waals surface area contributed by atoms with Gasteiger partial charge in [0.15, 0.2) is 0 Å². The van der Waals surface area contributed by atoms with Gasteiger partial charge in [0.2, 0.25) is 5.95 Å². The lowest BCUT2D eigenvalue weighted by Gasteiger charge is -2.30. The second-order valence-electron chi connectivity index (χ2n) is 6.27. The molecule has 0 bridgehead atoms. The molecule has 0 aliphatic carbocycles. The number of carbonyl (C=O) groups excluding carboxylic acids is 1. The van der Waals surface area contributed by atoms with Gasteiger partial charge in [-0.1, -0.05) is 18.5 Å². The van der Waals surface area contributed by atoms with Gasteiger partial charge in [-0.25, -0.2) is 9.97 Å². The first-order valence-corrected chi connectivity index (χ1v) is 8.66. The minimum atomic E-state index is -0.278. The molecule has 6 nitrogen and oxygen atoms in total. The van der Waals surface area contributed by atoms with Crippen molar-refractivity contribution in [3.8, 4) is 5.75 Å². The summed E-state index contributed by atoms with van der Waals surface area (Å²) >= 11 is 6.07. The first kappa shape index (κ1) is 17.5. The fourth-order valence-corrected chi connectivity index (χ4v) is 3.18. The van der Waals surface area contributed by atoms with Gasteiger partial charge in [0.05, 0.1) is 17.7 Å². The van der Waals surface area contributed by atoms with Crippen LogP contribution in [0.5, 0.6) is 5.75 Å². The van der Waals surface area contributed by atoms with Crippen molar-refractivity contribution in [2.45, 2.75) is 19.8 Å². The van der Waals surface area contributed by atoms with E-state index < -0.39 is 0 Å². The van der Waals surface area contributed by atoms with Crippen LogP contribution in [0.25, 0.3) is 0 Å². The van der Waals surface area contributed by atoms with Crippen molar-refractivity contribution in [3.63, 3.8) is 0 Å². The van der Waals surface area contributed by atoms with Gasteiger partial charge in [-0.2, -0.15) is 0 Å². The number of anilines is 2. The highest BCUT2D eigenvalue weighted by atomic mass is 35.5. The molecule has 0 radical (unpaired) electrons. The van der Waals surface area contributed by atoms with Crippen molar-refractivity contribution in [1.82, 2.24) is 9.97 Å². The van der Waals surface area contributed by atoms with E-state index in [9.17, 15) is 4.79 Å². The van der Waals surface area contributed by atoms with E-state index in [2.05, 4.69) is 27.1 Å². The molecule has 1 amide bonds. The average Bonchev–Trinajstić information content (AvgIpc) is 2.62. The number of amides is 1. The van der Waals surface area contributed by atoms with Gasteiger partial charge in [-0.15, -0.1) is 0 Å². The number of nitrogens with zero attached hydrogens (tertiary/aromatic N) is 3. The molecule has 1 aliphatic heterocycles. The lowest BCUT2D eigenvalue weighted by atomic mass is 10.0. The van der Waals surface area contributed by atoms with Crippen molar-refractivity contribution < 1.29 is 9.53 Å². The van der Waals surface area contributed by atoms with Crippen LogP contribution in [0, 0.1) is 5.92 Å². The minimum Gasteiger partial charge on any atom is -0.495 e. The molecule has 1 atom stereocenters. The van der Waals surface area contributed by atoms with Crippen LogP contribution in [0.15, 0.2) is 30.6 Å². The summed E-state index contributed by atoms with van der Waals surface area (Å²) in [4.78, 5) is 23.2. The second kappa shape index (κ2) is 7.70. The van der Waals surface area contributed by atoms with E-state index in [4.69, 9.17) is 16.3 Å². The van der Waals surface area contributed by atoms with E-state index in [-0.39, 0.29) is 5.91 Å². The molecule has 1 aliphatic rings. The number of rotatable bonds is 4. The van der Waals surface area contributed by atoms with E-state index in [1.165, 1.54) is 6.42 Å². The zero-order chi connectivity index (χ0) is 17.8. The average molecular weight is 361 g/mol. The second-order valence-corrected chi connectivity index (χ2v) is 6.68. The fourth-order valence-electron chi connectivity index (χ4n) is 2.92. The van der Waals surface area contributed by atoms with E-state index in [0.717, 1.165) is 19.5 Å². The molecular formula is C18H21ClN4O2. The van der Waals surface area contributed by atoms with Crippen LogP contribution < -0.4 is 15.0 Å². The van der Waals surface area contributed by atoms with Crippen molar-refractivity contribution >= 4 is 29.1 Å². The quantitative estimate of drug-likeness (QED) is 0.901. The number of halogens is 1. The Kier molecular flexibility index (Phi) is 5.38. The Bertz CT molecular complexity index is 751. The summed E-state index contributed by atoms with van der Waals surface area (Å²) < 4.78 is 5.10. The first-order chi connectivity index (χ1) is 12.1. The van der Waals surface area contributed by atoms with Crippen LogP contribution in [0.1, 0.15) is 30.1 Å². The predicted octanol–water partition coefficient (Wildman–Crippen LogP) is 3.63. The highest BCUT2D eigenvalue weighted by Crippen LogP contribution is 2.27. The highest BCUT2D eigenvalue weighted by molar-refractivity contribution is 6.32. The van der Waals surface area contributed by atoms with Crippen LogP contribution in [0.4, 0.5) is 11.6 Å². The lowest BCUT2D eigenvalue weighted by molar-refractivity contribution is 0.102. The summed E-state index contributed by atoms with van der Waals surface area (Å²) in [5.41, 5.74) is 0.991. The fraction of sp³-hybridized carbons (Fsp3) is 0.389. The Balaban J connectivity index is 1.67. The van der Waals surface area contributed by atoms with E-state index >= 15 is 0 Å². The van der Waals surface area contributed by atoms with Crippen molar-refractivity contribution in [1.29, 1.82) is 0 Å². The number of carbonyl (C=O) groups is 1. The zero-order valence-electron chi connectivity index (χ0n) is 14.3. The van der Waals surface area contributed by atoms with Gasteiger partial charge in [-0.05, 0) is 37.0 Å². The molecule has 0 spiro atoms. The largest absolute Gasteiger partial charge is 0.495 e. The van der Waals surface area contributed by atoms with E-state index in [0.29, 0.717) is 33.9 Å². The zero-order valence-corrected chi connectivity index (χ0v) is 15.1. The van der Waals surface area contributed by atoms with Gasteiger partial charge in [0.25, 0.3) is 5.91 Å². The lowest BCUT2D eigenvalue weighted by Crippen LogP contribution is -2.35. The number of benzene rings is 1. The highest BCUT2D eigenvalue weighted by Gasteiger charge is 2.19. The van der Waals surface area contributed by atoms with Gasteiger partial charge < -0.3 is 15.0 Å². The number of hydrogen-bond acceptors (Lipinski definition) is 5. The number of piperidine rings is 1. The summed E-state index contributed by atoms with van der Waals surface area (Å²) in [6.07, 6.45) is 5.50. The summed E-state index contributed by atoms with van der Waals surface area (Å²) in [6, 6.07) is 5.07. The molecular weight excluding hydrogens is 340 g/mol. The smallest absolute Gasteiger partial charge is 0.258 e. The molecule has 3 rings (SSSR count). The summed E-state index contributed by atoms with van der Waals surface area (Å²) in [5, 5.41) is 3.22. The van der Waals surface area contributed by atoms with Crippen LogP contribution in [0.3, 0.4) is 0 Å². The molecule has 1 aromatic carbocycles. The van der Waals surface area contributed by atoms with Crippen LogP contribution in [0.2, 0.25) is 5.02 Å². The maximum atomic E-state index is 12.3. The Labute approximate surface area is 152 Å². The molecule has 7 heteroatoms. The minimum absolute atomic E-state index is 0.278. The number of hydrogen-bond donors (Lipinski definition) is 1. The van der Waals surface area contributed by atoms with Crippen LogP contribution in [-0.4, -0.2) is 36.1 Å². The van der Waals surface area contributed by atoms with Gasteiger partial charge in [-0.3, -0.25) is 4.79 Å². The number of nitrogens with one attached hydrogen (secondary N) is 1. The third-order valence-electron chi connectivity index (χ3n) is 4.25. The monoisotopic (exact) mass is 360 g/mol. The normalized spacial score (nSPS) is 17.2. The summed E-state index contributed by atoms with van der Waals surface area (Å²) in [6.45, 7) is 4.14. The van der Waals surface area contributed by atoms with Gasteiger partial charge in [0, 0.05) is 31.2 Å². The van der Waals surface area contributed by atoms with E-state index in [1.807, 2.05) is 0 Å². The summed E-state index contributed by atoms with van der Waals surface area (Å²) in [7, 11) is 1.54. The Morgan fingerprint density at radius 3 is 2.76 bits per heavy atom. The number of methoxy groups -OCH3 is 1. The third kappa shape index (κ3) is 4.20. The maximum Gasteiger partial charge on any atom is 0.258 e.